The number of hydrogen-bond acceptors (Lipinski definition) is 6. The molecule has 1 aliphatic heterocycles. The van der Waals surface area contributed by atoms with Crippen molar-refractivity contribution in [2.24, 2.45) is 0 Å². The Balaban J connectivity index is 1.63. The van der Waals surface area contributed by atoms with Crippen LogP contribution in [0.2, 0.25) is 0 Å². The van der Waals surface area contributed by atoms with Gasteiger partial charge in [0.15, 0.2) is 15.5 Å². The third-order valence-corrected chi connectivity index (χ3v) is 7.33. The fourth-order valence-electron chi connectivity index (χ4n) is 3.96. The Morgan fingerprint density at radius 2 is 1.93 bits per heavy atom. The molecule has 2 aromatic heterocycles. The Morgan fingerprint density at radius 1 is 1.17 bits per heavy atom. The lowest BCUT2D eigenvalue weighted by Crippen LogP contribution is -2.14. The lowest BCUT2D eigenvalue weighted by molar-refractivity contribution is 0.0736. The molecule has 1 aliphatic carbocycles. The largest absolute Gasteiger partial charge is 0.423 e. The lowest BCUT2D eigenvalue weighted by atomic mass is 10.1. The highest BCUT2D eigenvalue weighted by atomic mass is 32.2. The number of para-hydroxylation sites is 1. The first-order valence-corrected chi connectivity index (χ1v) is 11.6. The quantitative estimate of drug-likeness (QED) is 0.484. The van der Waals surface area contributed by atoms with E-state index in [4.69, 9.17) is 9.72 Å². The van der Waals surface area contributed by atoms with Gasteiger partial charge in [0, 0.05) is 11.6 Å². The molecular formula is C21H21N3O4S. The molecule has 5 rings (SSSR count). The molecule has 8 heteroatoms. The summed E-state index contributed by atoms with van der Waals surface area (Å²) in [7, 11) is -3.06. The highest BCUT2D eigenvalue weighted by Gasteiger charge is 2.34. The summed E-state index contributed by atoms with van der Waals surface area (Å²) in [6.07, 6.45) is 2.59. The highest BCUT2D eigenvalue weighted by molar-refractivity contribution is 7.91. The van der Waals surface area contributed by atoms with E-state index in [0.29, 0.717) is 40.4 Å². The van der Waals surface area contributed by atoms with Crippen molar-refractivity contribution in [2.75, 3.05) is 11.5 Å². The Morgan fingerprint density at radius 3 is 2.59 bits per heavy atom. The van der Waals surface area contributed by atoms with E-state index in [1.165, 1.54) is 0 Å². The first-order valence-electron chi connectivity index (χ1n) is 9.79. The van der Waals surface area contributed by atoms with Gasteiger partial charge in [0.2, 0.25) is 0 Å². The highest BCUT2D eigenvalue weighted by Crippen LogP contribution is 2.41. The second kappa shape index (κ2) is 6.66. The fourth-order valence-corrected chi connectivity index (χ4v) is 5.65. The molecule has 0 amide bonds. The van der Waals surface area contributed by atoms with Gasteiger partial charge in [-0.15, -0.1) is 0 Å². The van der Waals surface area contributed by atoms with Crippen LogP contribution in [-0.4, -0.2) is 40.7 Å². The Bertz CT molecular complexity index is 1210. The van der Waals surface area contributed by atoms with Crippen molar-refractivity contribution in [1.82, 2.24) is 14.8 Å². The van der Waals surface area contributed by atoms with Gasteiger partial charge in [0.1, 0.15) is 5.75 Å². The molecule has 0 N–H and O–H groups in total. The third-order valence-electron chi connectivity index (χ3n) is 5.58. The second-order valence-corrected chi connectivity index (χ2v) is 10.1. The Labute approximate surface area is 168 Å². The SMILES string of the molecule is Cc1nn([C@@H]2CCS(=O)(=O)C2)c2nc(C3CC3)cc(C(=O)Oc3ccccc3)c12. The molecule has 3 aromatic rings. The van der Waals surface area contributed by atoms with Gasteiger partial charge in [-0.3, -0.25) is 0 Å². The first-order chi connectivity index (χ1) is 13.9. The zero-order chi connectivity index (χ0) is 20.2. The van der Waals surface area contributed by atoms with E-state index in [1.807, 2.05) is 31.2 Å². The molecule has 0 bridgehead atoms. The number of ether oxygens (including phenoxy) is 1. The van der Waals surface area contributed by atoms with E-state index in [-0.39, 0.29) is 17.5 Å². The zero-order valence-electron chi connectivity index (χ0n) is 16.0. The van der Waals surface area contributed by atoms with Gasteiger partial charge in [-0.25, -0.2) is 22.9 Å². The molecule has 7 nitrogen and oxygen atoms in total. The number of sulfone groups is 1. The van der Waals surface area contributed by atoms with Crippen molar-refractivity contribution in [3.05, 3.63) is 53.3 Å². The minimum absolute atomic E-state index is 0.0579. The topological polar surface area (TPSA) is 91.1 Å². The van der Waals surface area contributed by atoms with Crippen molar-refractivity contribution >= 4 is 26.8 Å². The summed E-state index contributed by atoms with van der Waals surface area (Å²) < 4.78 is 31.3. The Hall–Kier alpha value is -2.74. The van der Waals surface area contributed by atoms with E-state index < -0.39 is 15.8 Å². The van der Waals surface area contributed by atoms with Crippen molar-refractivity contribution < 1.29 is 17.9 Å². The number of hydrogen-bond donors (Lipinski definition) is 0. The number of esters is 1. The monoisotopic (exact) mass is 411 g/mol. The number of fused-ring (bicyclic) bond motifs is 1. The summed E-state index contributed by atoms with van der Waals surface area (Å²) in [6.45, 7) is 1.82. The van der Waals surface area contributed by atoms with Crippen LogP contribution in [0.3, 0.4) is 0 Å². The molecule has 2 fully saturated rings. The molecule has 3 heterocycles. The van der Waals surface area contributed by atoms with Crippen LogP contribution in [0.4, 0.5) is 0 Å². The molecule has 2 aliphatic rings. The molecule has 0 spiro atoms. The van der Waals surface area contributed by atoms with Crippen molar-refractivity contribution in [3.63, 3.8) is 0 Å². The maximum Gasteiger partial charge on any atom is 0.344 e. The number of benzene rings is 1. The van der Waals surface area contributed by atoms with Gasteiger partial charge in [-0.05, 0) is 44.4 Å². The van der Waals surface area contributed by atoms with Crippen molar-refractivity contribution in [2.45, 2.75) is 38.1 Å². The summed E-state index contributed by atoms with van der Waals surface area (Å²) in [5.74, 6) is 0.569. The number of rotatable bonds is 4. The predicted molar refractivity (Wildman–Crippen MR) is 108 cm³/mol. The van der Waals surface area contributed by atoms with Crippen LogP contribution in [0.5, 0.6) is 5.75 Å². The van der Waals surface area contributed by atoms with E-state index in [2.05, 4.69) is 5.10 Å². The number of aryl methyl sites for hydroxylation is 1. The van der Waals surface area contributed by atoms with Crippen LogP contribution in [0.25, 0.3) is 11.0 Å². The second-order valence-electron chi connectivity index (χ2n) is 7.86. The standard InChI is InChI=1S/C21H21N3O4S/c1-13-19-17(21(25)28-16-5-3-2-4-6-16)11-18(14-7-8-14)22-20(19)24(23-13)15-9-10-29(26,27)12-15/h2-6,11,14-15H,7-10,12H2,1H3/t15-/m1/s1. The molecule has 0 radical (unpaired) electrons. The van der Waals surface area contributed by atoms with Crippen molar-refractivity contribution in [1.29, 1.82) is 0 Å². The van der Waals surface area contributed by atoms with E-state index in [0.717, 1.165) is 18.5 Å². The maximum absolute atomic E-state index is 13.0. The molecule has 1 saturated heterocycles. The normalized spacial score (nSPS) is 20.8. The zero-order valence-corrected chi connectivity index (χ0v) is 16.9. The smallest absolute Gasteiger partial charge is 0.344 e. The van der Waals surface area contributed by atoms with Crippen LogP contribution in [0, 0.1) is 6.92 Å². The van der Waals surface area contributed by atoms with Crippen LogP contribution in [0.1, 0.15) is 53.0 Å². The van der Waals surface area contributed by atoms with Gasteiger partial charge < -0.3 is 4.74 Å². The fraction of sp³-hybridized carbons (Fsp3) is 0.381. The summed E-state index contributed by atoms with van der Waals surface area (Å²) >= 11 is 0. The van der Waals surface area contributed by atoms with Crippen LogP contribution in [-0.2, 0) is 9.84 Å². The van der Waals surface area contributed by atoms with Gasteiger partial charge in [0.05, 0.1) is 34.2 Å². The van der Waals surface area contributed by atoms with Crippen LogP contribution >= 0.6 is 0 Å². The third kappa shape index (κ3) is 3.42. The predicted octanol–water partition coefficient (Wildman–Crippen LogP) is 3.20. The Kier molecular flexibility index (Phi) is 4.20. The molecular weight excluding hydrogens is 390 g/mol. The minimum Gasteiger partial charge on any atom is -0.423 e. The van der Waals surface area contributed by atoms with Crippen LogP contribution in [0.15, 0.2) is 36.4 Å². The van der Waals surface area contributed by atoms with Gasteiger partial charge in [0.25, 0.3) is 0 Å². The average Bonchev–Trinajstić information content (AvgIpc) is 3.41. The minimum atomic E-state index is -3.06. The molecule has 150 valence electrons. The van der Waals surface area contributed by atoms with Gasteiger partial charge >= 0.3 is 5.97 Å². The van der Waals surface area contributed by atoms with Gasteiger partial charge in [-0.2, -0.15) is 5.10 Å². The molecule has 1 atom stereocenters. The molecule has 29 heavy (non-hydrogen) atoms. The molecule has 1 saturated carbocycles. The summed E-state index contributed by atoms with van der Waals surface area (Å²) in [4.78, 5) is 17.8. The lowest BCUT2D eigenvalue weighted by Gasteiger charge is -2.11. The summed E-state index contributed by atoms with van der Waals surface area (Å²) in [6, 6.07) is 10.5. The molecule has 0 unspecified atom stereocenters. The van der Waals surface area contributed by atoms with Crippen LogP contribution < -0.4 is 4.74 Å². The number of aromatic nitrogens is 3. The summed E-state index contributed by atoms with van der Waals surface area (Å²) in [5, 5.41) is 5.23. The van der Waals surface area contributed by atoms with Gasteiger partial charge in [-0.1, -0.05) is 18.2 Å². The first kappa shape index (κ1) is 18.3. The maximum atomic E-state index is 13.0. The number of carbonyl (C=O) groups excluding carboxylic acids is 1. The number of pyridine rings is 1. The van der Waals surface area contributed by atoms with E-state index >= 15 is 0 Å². The van der Waals surface area contributed by atoms with E-state index in [9.17, 15) is 13.2 Å². The number of nitrogens with zero attached hydrogens (tertiary/aromatic N) is 3. The average molecular weight is 411 g/mol. The summed E-state index contributed by atoms with van der Waals surface area (Å²) in [5.41, 5.74) is 2.51. The molecule has 1 aromatic carbocycles. The number of carbonyl (C=O) groups is 1. The van der Waals surface area contributed by atoms with E-state index in [1.54, 1.807) is 16.8 Å². The van der Waals surface area contributed by atoms with Crippen molar-refractivity contribution in [3.8, 4) is 5.75 Å².